The quantitative estimate of drug-likeness (QED) is 0.269. The van der Waals surface area contributed by atoms with Gasteiger partial charge >= 0.3 is 12.2 Å². The molecule has 2 aromatic heterocycles. The van der Waals surface area contributed by atoms with E-state index in [1.165, 1.54) is 12.4 Å². The molecule has 1 fully saturated rings. The Balaban J connectivity index is 1.36. The van der Waals surface area contributed by atoms with E-state index in [9.17, 15) is 22.8 Å². The number of halogens is 4. The summed E-state index contributed by atoms with van der Waals surface area (Å²) in [5.74, 6) is -0.175. The second-order valence-electron chi connectivity index (χ2n) is 9.00. The highest BCUT2D eigenvalue weighted by Crippen LogP contribution is 2.44. The highest BCUT2D eigenvalue weighted by molar-refractivity contribution is 6.33. The number of benzene rings is 2. The van der Waals surface area contributed by atoms with Crippen molar-refractivity contribution < 1.29 is 22.7 Å². The number of hydrogen-bond donors (Lipinski definition) is 4. The lowest BCUT2D eigenvalue weighted by Gasteiger charge is -2.26. The highest BCUT2D eigenvalue weighted by Gasteiger charge is 2.36. The number of piperidine rings is 1. The number of nitrogens with zero attached hydrogens (tertiary/aromatic N) is 3. The molecular formula is C26H23ClF3N7O3. The minimum Gasteiger partial charge on any atom is -0.487 e. The molecule has 3 heterocycles. The average Bonchev–Trinajstić information content (AvgIpc) is 2.91. The van der Waals surface area contributed by atoms with Gasteiger partial charge in [-0.1, -0.05) is 11.6 Å². The number of aromatic nitrogens is 3. The van der Waals surface area contributed by atoms with E-state index in [4.69, 9.17) is 22.1 Å². The third-order valence-electron chi connectivity index (χ3n) is 6.33. The molecule has 0 radical (unpaired) electrons. The van der Waals surface area contributed by atoms with Crippen LogP contribution in [0.3, 0.4) is 0 Å². The Bertz CT molecular complexity index is 1620. The Kier molecular flexibility index (Phi) is 7.50. The second kappa shape index (κ2) is 11.0. The third kappa shape index (κ3) is 5.65. The van der Waals surface area contributed by atoms with Gasteiger partial charge in [0, 0.05) is 23.6 Å². The number of ether oxygens (including phenoxy) is 1. The summed E-state index contributed by atoms with van der Waals surface area (Å²) in [5.41, 5.74) is 5.82. The molecule has 0 atom stereocenters. The number of anilines is 3. The summed E-state index contributed by atoms with van der Waals surface area (Å²) < 4.78 is 48.0. The van der Waals surface area contributed by atoms with Crippen molar-refractivity contribution in [2.45, 2.75) is 25.1 Å². The van der Waals surface area contributed by atoms with Crippen molar-refractivity contribution in [2.75, 3.05) is 29.5 Å². The maximum absolute atomic E-state index is 13.5. The summed E-state index contributed by atoms with van der Waals surface area (Å²) in [6.07, 6.45) is -1.10. The number of rotatable bonds is 5. The van der Waals surface area contributed by atoms with Gasteiger partial charge in [0.05, 0.1) is 16.3 Å². The van der Waals surface area contributed by atoms with Crippen molar-refractivity contribution in [1.82, 2.24) is 19.9 Å². The van der Waals surface area contributed by atoms with Gasteiger partial charge < -0.3 is 31.0 Å². The Morgan fingerprint density at radius 1 is 1.07 bits per heavy atom. The molecule has 40 heavy (non-hydrogen) atoms. The van der Waals surface area contributed by atoms with E-state index >= 15 is 0 Å². The maximum atomic E-state index is 13.5. The smallest absolute Gasteiger partial charge is 0.417 e. The van der Waals surface area contributed by atoms with Gasteiger partial charge in [-0.3, -0.25) is 4.79 Å². The number of pyridine rings is 1. The summed E-state index contributed by atoms with van der Waals surface area (Å²) in [6, 6.07) is 9.12. The molecule has 5 rings (SSSR count). The number of carbonyl (C=O) groups excluding carboxylic acids is 1. The lowest BCUT2D eigenvalue weighted by Crippen LogP contribution is -2.34. The monoisotopic (exact) mass is 573 g/mol. The molecule has 1 aliphatic heterocycles. The van der Waals surface area contributed by atoms with Crippen molar-refractivity contribution >= 4 is 45.9 Å². The molecule has 0 aliphatic carbocycles. The van der Waals surface area contributed by atoms with E-state index in [1.807, 2.05) is 0 Å². The van der Waals surface area contributed by atoms with Crippen LogP contribution < -0.4 is 31.8 Å². The number of fused-ring (bicyclic) bond motifs is 1. The molecule has 2 amide bonds. The fraction of sp³-hybridized carbons (Fsp3) is 0.231. The molecule has 1 aliphatic rings. The average molecular weight is 574 g/mol. The fourth-order valence-electron chi connectivity index (χ4n) is 4.37. The molecule has 0 unspecified atom stereocenters. The predicted octanol–water partition coefficient (Wildman–Crippen LogP) is 4.81. The van der Waals surface area contributed by atoms with Crippen LogP contribution in [0.4, 0.5) is 35.2 Å². The van der Waals surface area contributed by atoms with Crippen molar-refractivity contribution in [3.63, 3.8) is 0 Å². The third-order valence-corrected chi connectivity index (χ3v) is 6.71. The number of hydrogen-bond acceptors (Lipinski definition) is 7. The molecule has 10 nitrogen and oxygen atoms in total. The van der Waals surface area contributed by atoms with Crippen molar-refractivity contribution in [1.29, 1.82) is 0 Å². The zero-order valence-electron chi connectivity index (χ0n) is 20.8. The normalized spacial score (nSPS) is 14.2. The highest BCUT2D eigenvalue weighted by atomic mass is 35.5. The summed E-state index contributed by atoms with van der Waals surface area (Å²) in [7, 11) is 0. The van der Waals surface area contributed by atoms with E-state index < -0.39 is 22.8 Å². The molecule has 4 aromatic rings. The number of nitrogens with two attached hydrogens (primary N) is 1. The number of nitrogens with one attached hydrogen (secondary N) is 3. The molecule has 2 aromatic carbocycles. The van der Waals surface area contributed by atoms with Crippen molar-refractivity contribution in [3.05, 3.63) is 75.8 Å². The summed E-state index contributed by atoms with van der Waals surface area (Å²) in [5, 5.41) is 7.89. The zero-order chi connectivity index (χ0) is 28.4. The second-order valence-corrected chi connectivity index (χ2v) is 9.38. The maximum Gasteiger partial charge on any atom is 0.417 e. The van der Waals surface area contributed by atoms with Crippen LogP contribution in [0, 0.1) is 0 Å². The van der Waals surface area contributed by atoms with Crippen LogP contribution in [0.5, 0.6) is 5.75 Å². The largest absolute Gasteiger partial charge is 0.487 e. The van der Waals surface area contributed by atoms with E-state index in [0.717, 1.165) is 12.1 Å². The molecule has 5 N–H and O–H groups in total. The Labute approximate surface area is 230 Å². The summed E-state index contributed by atoms with van der Waals surface area (Å²) in [6.45, 7) is 1.30. The van der Waals surface area contributed by atoms with Gasteiger partial charge in [0.15, 0.2) is 16.8 Å². The number of amides is 2. The molecular weight excluding hydrogens is 551 g/mol. The Morgan fingerprint density at radius 2 is 1.80 bits per heavy atom. The first kappa shape index (κ1) is 27.2. The van der Waals surface area contributed by atoms with Crippen LogP contribution in [-0.2, 0) is 6.18 Å². The predicted molar refractivity (Wildman–Crippen MR) is 145 cm³/mol. The van der Waals surface area contributed by atoms with Crippen LogP contribution >= 0.6 is 11.6 Å². The van der Waals surface area contributed by atoms with Gasteiger partial charge in [-0.05, 0) is 62.3 Å². The van der Waals surface area contributed by atoms with Crippen LogP contribution in [0.1, 0.15) is 18.4 Å². The van der Waals surface area contributed by atoms with E-state index in [-0.39, 0.29) is 34.2 Å². The van der Waals surface area contributed by atoms with E-state index in [0.29, 0.717) is 43.0 Å². The van der Waals surface area contributed by atoms with Gasteiger partial charge in [0.25, 0.3) is 0 Å². The summed E-state index contributed by atoms with van der Waals surface area (Å²) in [4.78, 5) is 33.1. The first-order valence-corrected chi connectivity index (χ1v) is 12.6. The molecule has 14 heteroatoms. The molecule has 0 bridgehead atoms. The van der Waals surface area contributed by atoms with Gasteiger partial charge in [-0.25, -0.2) is 14.8 Å². The Morgan fingerprint density at radius 3 is 2.50 bits per heavy atom. The number of alkyl halides is 3. The van der Waals surface area contributed by atoms with Crippen LogP contribution in [-0.4, -0.2) is 39.8 Å². The zero-order valence-corrected chi connectivity index (χ0v) is 21.5. The minimum atomic E-state index is -4.69. The molecule has 0 saturated carbocycles. The topological polar surface area (TPSA) is 136 Å². The fourth-order valence-corrected chi connectivity index (χ4v) is 4.69. The number of nitrogen functional groups attached to an aromatic ring is 1. The lowest BCUT2D eigenvalue weighted by atomic mass is 10.1. The van der Waals surface area contributed by atoms with Crippen molar-refractivity contribution in [3.8, 4) is 11.4 Å². The SMILES string of the molecule is Nc1ncnc2c1c(=O)ccn2-c1ccc(NC(=O)Nc2ccc(C(F)(F)F)c(Cl)c2OC2CCNCC2)cc1. The van der Waals surface area contributed by atoms with Crippen LogP contribution in [0.15, 0.2) is 59.8 Å². The first-order chi connectivity index (χ1) is 19.1. The number of urea groups is 1. The molecule has 208 valence electrons. The number of carbonyl (C=O) groups is 1. The van der Waals surface area contributed by atoms with Gasteiger partial charge in [0.2, 0.25) is 0 Å². The molecule has 1 saturated heterocycles. The first-order valence-electron chi connectivity index (χ1n) is 12.2. The van der Waals surface area contributed by atoms with E-state index in [1.54, 1.807) is 35.0 Å². The Hall–Kier alpha value is -4.36. The molecule has 0 spiro atoms. The van der Waals surface area contributed by atoms with Crippen molar-refractivity contribution in [2.24, 2.45) is 0 Å². The van der Waals surface area contributed by atoms with Crippen LogP contribution in [0.2, 0.25) is 5.02 Å². The van der Waals surface area contributed by atoms with Crippen LogP contribution in [0.25, 0.3) is 16.7 Å². The lowest BCUT2D eigenvalue weighted by molar-refractivity contribution is -0.137. The van der Waals surface area contributed by atoms with Gasteiger partial charge in [0.1, 0.15) is 23.6 Å². The van der Waals surface area contributed by atoms with Gasteiger partial charge in [-0.15, -0.1) is 0 Å². The van der Waals surface area contributed by atoms with E-state index in [2.05, 4.69) is 25.9 Å². The van der Waals surface area contributed by atoms with Gasteiger partial charge in [-0.2, -0.15) is 13.2 Å². The standard InChI is InChI=1S/C26H23ClF3N7O3/c27-21-17(26(28,29)30)5-6-18(22(21)40-16-7-10-32-11-8-16)36-25(39)35-14-1-3-15(4-2-14)37-12-9-19(38)20-23(31)33-13-34-24(20)37/h1-6,9,12-13,16,32H,7-8,10-11H2,(H2,31,33,34)(H2,35,36,39). The summed E-state index contributed by atoms with van der Waals surface area (Å²) >= 11 is 6.13. The minimum absolute atomic E-state index is 0.00246.